The molecule has 0 aliphatic carbocycles. The molecule has 0 unspecified atom stereocenters. The average molecular weight is 401 g/mol. The Morgan fingerprint density at radius 3 is 1.21 bits per heavy atom. The third-order valence-electron chi connectivity index (χ3n) is 4.06. The van der Waals surface area contributed by atoms with Crippen LogP contribution in [0.3, 0.4) is 0 Å². The van der Waals surface area contributed by atoms with Gasteiger partial charge in [-0.1, -0.05) is 78.6 Å². The van der Waals surface area contributed by atoms with E-state index in [1.807, 2.05) is 0 Å². The molecule has 0 fully saturated rings. The maximum absolute atomic E-state index is 13.5. The van der Waals surface area contributed by atoms with Crippen molar-refractivity contribution in [3.05, 3.63) is 20.8 Å². The minimum Gasteiger partial charge on any atom is -0.331 e. The van der Waals surface area contributed by atoms with Gasteiger partial charge in [0, 0.05) is 10.5 Å². The highest BCUT2D eigenvalue weighted by Gasteiger charge is 2.39. The highest BCUT2D eigenvalue weighted by Crippen LogP contribution is 2.10. The molecule has 0 amide bonds. The van der Waals surface area contributed by atoms with Crippen LogP contribution in [0.25, 0.3) is 0 Å². The molecule has 0 N–H and O–H groups in total. The lowest BCUT2D eigenvalue weighted by molar-refractivity contribution is 0.882. The van der Waals surface area contributed by atoms with Gasteiger partial charge in [0.25, 0.3) is 0 Å². The maximum atomic E-state index is 13.5. The van der Waals surface area contributed by atoms with Gasteiger partial charge in [0.2, 0.25) is 5.56 Å². The molecule has 0 spiro atoms. The van der Waals surface area contributed by atoms with E-state index in [-0.39, 0.29) is 11.2 Å². The maximum Gasteiger partial charge on any atom is 0.314 e. The van der Waals surface area contributed by atoms with E-state index in [1.54, 1.807) is 4.23 Å². The minimum absolute atomic E-state index is 0.0188. The predicted octanol–water partition coefficient (Wildman–Crippen LogP) is 2.47. The molecule has 8 heteroatoms. The van der Waals surface area contributed by atoms with Gasteiger partial charge >= 0.3 is 5.69 Å². The van der Waals surface area contributed by atoms with E-state index in [1.165, 1.54) is 0 Å². The lowest BCUT2D eigenvalue weighted by Crippen LogP contribution is -2.75. The lowest BCUT2D eigenvalue weighted by Gasteiger charge is -2.37. The molecule has 138 valence electrons. The summed E-state index contributed by atoms with van der Waals surface area (Å²) in [5, 5.41) is 2.14. The van der Waals surface area contributed by atoms with Crippen LogP contribution >= 0.6 is 0 Å². The molecule has 0 atom stereocenters. The van der Waals surface area contributed by atoms with Gasteiger partial charge in [-0.15, -0.1) is 0 Å². The molecule has 0 saturated heterocycles. The van der Waals surface area contributed by atoms with Gasteiger partial charge in [0.15, 0.2) is 16.5 Å². The normalized spacial score (nSPS) is 14.2. The number of hydrogen-bond acceptors (Lipinski definition) is 2. The molecule has 0 bridgehead atoms. The van der Waals surface area contributed by atoms with Gasteiger partial charge in [-0.2, -0.15) is 0 Å². The van der Waals surface area contributed by atoms with Crippen molar-refractivity contribution in [1.82, 2.24) is 8.47 Å². The lowest BCUT2D eigenvalue weighted by atomic mass is 10.6. The van der Waals surface area contributed by atoms with Crippen molar-refractivity contribution in [1.29, 1.82) is 0 Å². The van der Waals surface area contributed by atoms with Crippen molar-refractivity contribution < 1.29 is 0 Å². The van der Waals surface area contributed by atoms with Gasteiger partial charge in [0.05, 0.1) is 16.1 Å². The monoisotopic (exact) mass is 400 g/mol. The Kier molecular flexibility index (Phi) is 5.46. The zero-order valence-electron chi connectivity index (χ0n) is 17.7. The Morgan fingerprint density at radius 1 is 0.583 bits per heavy atom. The summed E-state index contributed by atoms with van der Waals surface area (Å²) >= 11 is 0. The third-order valence-corrected chi connectivity index (χ3v) is 11.9. The molecule has 0 saturated carbocycles. The van der Waals surface area contributed by atoms with Crippen molar-refractivity contribution in [2.45, 2.75) is 78.6 Å². The summed E-state index contributed by atoms with van der Waals surface area (Å²) in [4.78, 5) is 26.9. The zero-order chi connectivity index (χ0) is 19.5. The fourth-order valence-corrected chi connectivity index (χ4v) is 13.8. The fourth-order valence-electron chi connectivity index (χ4n) is 3.21. The molecule has 1 aromatic rings. The third kappa shape index (κ3) is 4.02. The van der Waals surface area contributed by atoms with E-state index in [9.17, 15) is 9.59 Å². The Morgan fingerprint density at radius 2 is 0.958 bits per heavy atom. The van der Waals surface area contributed by atoms with Gasteiger partial charge in [-0.25, -0.2) is 4.79 Å². The summed E-state index contributed by atoms with van der Waals surface area (Å²) in [5.41, 5.74) is -0.0250. The van der Waals surface area contributed by atoms with E-state index in [0.29, 0.717) is 0 Å². The van der Waals surface area contributed by atoms with Gasteiger partial charge in [-0.3, -0.25) is 9.03 Å². The van der Waals surface area contributed by atoms with Crippen molar-refractivity contribution in [3.63, 3.8) is 0 Å². The molecule has 24 heavy (non-hydrogen) atoms. The number of hydrogen-bond donors (Lipinski definition) is 0. The van der Waals surface area contributed by atoms with E-state index in [2.05, 4.69) is 82.8 Å². The number of aromatic nitrogens is 2. The van der Waals surface area contributed by atoms with Gasteiger partial charge < -0.3 is 4.23 Å². The van der Waals surface area contributed by atoms with Crippen LogP contribution in [0.5, 0.6) is 0 Å². The second kappa shape index (κ2) is 6.06. The predicted molar refractivity (Wildman–Crippen MR) is 118 cm³/mol. The zero-order valence-corrected chi connectivity index (χ0v) is 21.7. The molecule has 1 heterocycles. The smallest absolute Gasteiger partial charge is 0.314 e. The molecular formula is C16H36N2O2Si4. The highest BCUT2D eigenvalue weighted by molar-refractivity contribution is 6.99. The molecule has 1 aromatic heterocycles. The van der Waals surface area contributed by atoms with Crippen LogP contribution in [-0.2, 0) is 0 Å². The molecule has 0 radical (unpaired) electrons. The van der Waals surface area contributed by atoms with Crippen LogP contribution in [0, 0.1) is 0 Å². The van der Waals surface area contributed by atoms with Gasteiger partial charge in [0.1, 0.15) is 0 Å². The summed E-state index contributed by atoms with van der Waals surface area (Å²) in [6, 6.07) is 0. The van der Waals surface area contributed by atoms with Crippen LogP contribution in [0.15, 0.2) is 9.59 Å². The SMILES string of the molecule is C[Si](C)(C)c1c([Si](C)(C)C)n([Si](C)(C)C)c(=O)n([Si](C)(C)C)c1=O. The molecular weight excluding hydrogens is 365 g/mol. The summed E-state index contributed by atoms with van der Waals surface area (Å²) < 4.78 is 3.76. The molecule has 1 rings (SSSR count). The topological polar surface area (TPSA) is 44.0 Å². The first kappa shape index (κ1) is 21.6. The molecule has 4 nitrogen and oxygen atoms in total. The van der Waals surface area contributed by atoms with Crippen molar-refractivity contribution in [3.8, 4) is 0 Å². The Hall–Kier alpha value is -0.452. The quantitative estimate of drug-likeness (QED) is 0.729. The Labute approximate surface area is 151 Å². The first-order valence-corrected chi connectivity index (χ1v) is 22.6. The second-order valence-corrected chi connectivity index (χ2v) is 30.4. The van der Waals surface area contributed by atoms with Crippen molar-refractivity contribution in [2.24, 2.45) is 0 Å². The van der Waals surface area contributed by atoms with Crippen LogP contribution in [-0.4, -0.2) is 41.1 Å². The first-order valence-electron chi connectivity index (χ1n) is 8.75. The minimum atomic E-state index is -2.09. The molecule has 0 aliphatic rings. The van der Waals surface area contributed by atoms with Crippen LogP contribution in [0.2, 0.25) is 78.6 Å². The summed E-state index contributed by atoms with van der Waals surface area (Å²) in [5.74, 6) is 0. The highest BCUT2D eigenvalue weighted by atomic mass is 28.3. The Balaban J connectivity index is 4.41. The first-order chi connectivity index (χ1) is 10.3. The van der Waals surface area contributed by atoms with Crippen molar-refractivity contribution in [2.75, 3.05) is 0 Å². The summed E-state index contributed by atoms with van der Waals surface area (Å²) in [6.07, 6.45) is 0. The summed E-state index contributed by atoms with van der Waals surface area (Å²) in [7, 11) is -7.79. The van der Waals surface area contributed by atoms with E-state index in [4.69, 9.17) is 0 Å². The number of nitrogens with zero attached hydrogens (tertiary/aromatic N) is 2. The van der Waals surface area contributed by atoms with Crippen molar-refractivity contribution >= 4 is 43.1 Å². The molecule has 0 aliphatic heterocycles. The average Bonchev–Trinajstić information content (AvgIpc) is 2.20. The van der Waals surface area contributed by atoms with Crippen LogP contribution < -0.4 is 21.8 Å². The fraction of sp³-hybridized carbons (Fsp3) is 0.750. The second-order valence-electron chi connectivity index (χ2n) is 10.8. The molecule has 0 aromatic carbocycles. The van der Waals surface area contributed by atoms with Crippen LogP contribution in [0.1, 0.15) is 0 Å². The van der Waals surface area contributed by atoms with E-state index < -0.39 is 32.6 Å². The van der Waals surface area contributed by atoms with E-state index in [0.717, 1.165) is 10.5 Å². The summed E-state index contributed by atoms with van der Waals surface area (Å²) in [6.45, 7) is 26.4. The number of rotatable bonds is 4. The van der Waals surface area contributed by atoms with Crippen LogP contribution in [0.4, 0.5) is 0 Å². The van der Waals surface area contributed by atoms with Gasteiger partial charge in [-0.05, 0) is 0 Å². The van der Waals surface area contributed by atoms with E-state index >= 15 is 0 Å². The Bertz CT molecular complexity index is 702. The standard InChI is InChI=1S/C16H36N2O2Si4/c1-21(2,3)13-14(19)17(23(7,8)9)16(20)18(24(10,11)12)15(13)22(4,5)6/h1-12H3. The largest absolute Gasteiger partial charge is 0.331 e.